The lowest BCUT2D eigenvalue weighted by molar-refractivity contribution is -0.116. The van der Waals surface area contributed by atoms with Crippen LogP contribution in [0, 0.1) is 5.82 Å². The van der Waals surface area contributed by atoms with Crippen molar-refractivity contribution >= 4 is 27.5 Å². The number of carbonyl (C=O) groups is 1. The van der Waals surface area contributed by atoms with E-state index >= 15 is 0 Å². The van der Waals surface area contributed by atoms with Crippen molar-refractivity contribution in [3.63, 3.8) is 0 Å². The van der Waals surface area contributed by atoms with Crippen LogP contribution < -0.4 is 10.6 Å². The van der Waals surface area contributed by atoms with E-state index < -0.39 is 0 Å². The summed E-state index contributed by atoms with van der Waals surface area (Å²) in [5.74, 6) is -0.426. The summed E-state index contributed by atoms with van der Waals surface area (Å²) >= 11 is 3.06. The lowest BCUT2D eigenvalue weighted by Crippen LogP contribution is -2.21. The van der Waals surface area contributed by atoms with Gasteiger partial charge in [0.2, 0.25) is 5.91 Å². The van der Waals surface area contributed by atoms with E-state index in [4.69, 9.17) is 0 Å². The van der Waals surface area contributed by atoms with Crippen molar-refractivity contribution in [1.82, 2.24) is 5.32 Å². The molecule has 3 nitrogen and oxygen atoms in total. The number of benzene rings is 1. The zero-order valence-electron chi connectivity index (χ0n) is 9.02. The van der Waals surface area contributed by atoms with Crippen molar-refractivity contribution in [3.8, 4) is 0 Å². The minimum absolute atomic E-state index is 0.0838. The van der Waals surface area contributed by atoms with Crippen LogP contribution in [0.2, 0.25) is 0 Å². The van der Waals surface area contributed by atoms with E-state index in [-0.39, 0.29) is 11.7 Å². The maximum Gasteiger partial charge on any atom is 0.225 e. The van der Waals surface area contributed by atoms with E-state index in [0.29, 0.717) is 23.1 Å². The Balaban J connectivity index is 2.46. The van der Waals surface area contributed by atoms with Gasteiger partial charge in [-0.25, -0.2) is 4.39 Å². The molecule has 0 aliphatic carbocycles. The molecule has 1 aromatic rings. The van der Waals surface area contributed by atoms with Crippen LogP contribution in [-0.4, -0.2) is 19.0 Å². The topological polar surface area (TPSA) is 41.1 Å². The number of hydrogen-bond acceptors (Lipinski definition) is 2. The third kappa shape index (κ3) is 4.28. The molecule has 1 aromatic carbocycles. The van der Waals surface area contributed by atoms with Gasteiger partial charge in [-0.1, -0.05) is 6.92 Å². The molecule has 0 saturated carbocycles. The Hall–Kier alpha value is -0.940. The quantitative estimate of drug-likeness (QED) is 0.818. The van der Waals surface area contributed by atoms with Gasteiger partial charge in [-0.05, 0) is 40.7 Å². The first-order chi connectivity index (χ1) is 7.63. The molecule has 0 atom stereocenters. The Kier molecular flexibility index (Phi) is 5.42. The summed E-state index contributed by atoms with van der Waals surface area (Å²) in [6.45, 7) is 3.47. The van der Waals surface area contributed by atoms with Crippen LogP contribution in [0.1, 0.15) is 13.3 Å². The molecule has 1 amide bonds. The van der Waals surface area contributed by atoms with Gasteiger partial charge in [-0.2, -0.15) is 0 Å². The number of halogens is 2. The Morgan fingerprint density at radius 3 is 2.88 bits per heavy atom. The van der Waals surface area contributed by atoms with E-state index in [1.807, 2.05) is 6.92 Å². The molecule has 0 spiro atoms. The first-order valence-electron chi connectivity index (χ1n) is 5.09. The van der Waals surface area contributed by atoms with E-state index in [0.717, 1.165) is 6.54 Å². The van der Waals surface area contributed by atoms with Crippen molar-refractivity contribution in [1.29, 1.82) is 0 Å². The Morgan fingerprint density at radius 2 is 2.25 bits per heavy atom. The third-order valence-electron chi connectivity index (χ3n) is 1.98. The maximum absolute atomic E-state index is 12.9. The van der Waals surface area contributed by atoms with Crippen LogP contribution in [-0.2, 0) is 4.79 Å². The second-order valence-electron chi connectivity index (χ2n) is 3.28. The Morgan fingerprint density at radius 1 is 1.50 bits per heavy atom. The Labute approximate surface area is 103 Å². The van der Waals surface area contributed by atoms with Crippen molar-refractivity contribution in [2.75, 3.05) is 18.4 Å². The van der Waals surface area contributed by atoms with Gasteiger partial charge < -0.3 is 10.6 Å². The van der Waals surface area contributed by atoms with E-state index in [2.05, 4.69) is 26.6 Å². The van der Waals surface area contributed by atoms with Crippen LogP contribution in [0.5, 0.6) is 0 Å². The summed E-state index contributed by atoms with van der Waals surface area (Å²) in [6.07, 6.45) is 0.406. The molecular formula is C11H14BrFN2O. The molecule has 0 bridgehead atoms. The average molecular weight is 289 g/mol. The summed E-state index contributed by atoms with van der Waals surface area (Å²) in [5.41, 5.74) is 0.592. The summed E-state index contributed by atoms with van der Waals surface area (Å²) < 4.78 is 13.3. The van der Waals surface area contributed by atoms with Gasteiger partial charge in [0, 0.05) is 18.7 Å². The zero-order valence-corrected chi connectivity index (χ0v) is 10.6. The lowest BCUT2D eigenvalue weighted by atomic mass is 10.3. The first kappa shape index (κ1) is 13.1. The fourth-order valence-electron chi connectivity index (χ4n) is 1.18. The minimum atomic E-state index is -0.342. The number of hydrogen-bond donors (Lipinski definition) is 2. The summed E-state index contributed by atoms with van der Waals surface area (Å²) in [7, 11) is 0. The molecule has 0 aromatic heterocycles. The van der Waals surface area contributed by atoms with Gasteiger partial charge in [-0.3, -0.25) is 4.79 Å². The highest BCUT2D eigenvalue weighted by Crippen LogP contribution is 2.19. The molecule has 5 heteroatoms. The molecule has 0 radical (unpaired) electrons. The molecule has 2 N–H and O–H groups in total. The number of rotatable bonds is 5. The lowest BCUT2D eigenvalue weighted by Gasteiger charge is -2.06. The number of amides is 1. The predicted octanol–water partition coefficient (Wildman–Crippen LogP) is 2.53. The van der Waals surface area contributed by atoms with Crippen LogP contribution >= 0.6 is 15.9 Å². The molecule has 0 unspecified atom stereocenters. The summed E-state index contributed by atoms with van der Waals surface area (Å²) in [6, 6.07) is 4.38. The standard InChI is InChI=1S/C11H14BrFN2O/c1-2-14-6-5-11(16)15-8-3-4-10(13)9(12)7-8/h3-4,7,14H,2,5-6H2,1H3,(H,15,16). The van der Waals surface area contributed by atoms with E-state index in [1.165, 1.54) is 12.1 Å². The van der Waals surface area contributed by atoms with Crippen molar-refractivity contribution in [2.24, 2.45) is 0 Å². The van der Waals surface area contributed by atoms with Gasteiger partial charge >= 0.3 is 0 Å². The van der Waals surface area contributed by atoms with Crippen LogP contribution in [0.25, 0.3) is 0 Å². The molecule has 1 rings (SSSR count). The van der Waals surface area contributed by atoms with Gasteiger partial charge in [0.25, 0.3) is 0 Å². The molecule has 0 aliphatic rings. The zero-order chi connectivity index (χ0) is 12.0. The van der Waals surface area contributed by atoms with Crippen LogP contribution in [0.3, 0.4) is 0 Å². The molecule has 0 fully saturated rings. The second kappa shape index (κ2) is 6.60. The molecule has 0 aliphatic heterocycles. The highest BCUT2D eigenvalue weighted by Gasteiger charge is 2.04. The number of nitrogens with one attached hydrogen (secondary N) is 2. The van der Waals surface area contributed by atoms with Crippen LogP contribution in [0.4, 0.5) is 10.1 Å². The predicted molar refractivity (Wildman–Crippen MR) is 65.9 cm³/mol. The van der Waals surface area contributed by atoms with Gasteiger partial charge in [0.05, 0.1) is 4.47 Å². The van der Waals surface area contributed by atoms with Crippen molar-refractivity contribution < 1.29 is 9.18 Å². The van der Waals surface area contributed by atoms with Gasteiger partial charge in [0.1, 0.15) is 5.82 Å². The molecule has 0 heterocycles. The monoisotopic (exact) mass is 288 g/mol. The maximum atomic E-state index is 12.9. The van der Waals surface area contributed by atoms with Gasteiger partial charge in [-0.15, -0.1) is 0 Å². The summed E-state index contributed by atoms with van der Waals surface area (Å²) in [5, 5.41) is 5.75. The van der Waals surface area contributed by atoms with Gasteiger partial charge in [0.15, 0.2) is 0 Å². The fourth-order valence-corrected chi connectivity index (χ4v) is 1.55. The number of anilines is 1. The minimum Gasteiger partial charge on any atom is -0.326 e. The normalized spacial score (nSPS) is 10.2. The first-order valence-corrected chi connectivity index (χ1v) is 5.88. The largest absolute Gasteiger partial charge is 0.326 e. The highest BCUT2D eigenvalue weighted by atomic mass is 79.9. The third-order valence-corrected chi connectivity index (χ3v) is 2.59. The Bertz CT molecular complexity index is 371. The van der Waals surface area contributed by atoms with Crippen LogP contribution in [0.15, 0.2) is 22.7 Å². The fraction of sp³-hybridized carbons (Fsp3) is 0.364. The molecule has 0 saturated heterocycles. The highest BCUT2D eigenvalue weighted by molar-refractivity contribution is 9.10. The van der Waals surface area contributed by atoms with E-state index in [1.54, 1.807) is 6.07 Å². The SMILES string of the molecule is CCNCCC(=O)Nc1ccc(F)c(Br)c1. The summed E-state index contributed by atoms with van der Waals surface area (Å²) in [4.78, 5) is 11.4. The second-order valence-corrected chi connectivity index (χ2v) is 4.13. The molecule has 88 valence electrons. The smallest absolute Gasteiger partial charge is 0.225 e. The van der Waals surface area contributed by atoms with E-state index in [9.17, 15) is 9.18 Å². The van der Waals surface area contributed by atoms with Crippen molar-refractivity contribution in [3.05, 3.63) is 28.5 Å². The average Bonchev–Trinajstić information content (AvgIpc) is 2.24. The number of carbonyl (C=O) groups excluding carboxylic acids is 1. The molecular weight excluding hydrogens is 275 g/mol. The van der Waals surface area contributed by atoms with Crippen molar-refractivity contribution in [2.45, 2.75) is 13.3 Å². The molecule has 16 heavy (non-hydrogen) atoms.